The number of nitrogens with zero attached hydrogens (tertiary/aromatic N) is 1. The van der Waals surface area contributed by atoms with Crippen molar-refractivity contribution in [1.29, 1.82) is 0 Å². The molecule has 0 saturated carbocycles. The number of carbonyl (C=O) groups excluding carboxylic acids is 2. The molecule has 6 heteroatoms. The number of halogens is 1. The van der Waals surface area contributed by atoms with E-state index in [-0.39, 0.29) is 17.5 Å². The molecule has 3 aromatic rings. The smallest absolute Gasteiger partial charge is 0.282 e. The first-order chi connectivity index (χ1) is 13.5. The first-order valence-electron chi connectivity index (χ1n) is 8.72. The SMILES string of the molecule is Cc1ccc(NC2=C(c3cccs3)C(=O)N(c3cc(Cl)ccc3C)C2=O)cc1. The van der Waals surface area contributed by atoms with Crippen molar-refractivity contribution in [2.75, 3.05) is 10.2 Å². The predicted octanol–water partition coefficient (Wildman–Crippen LogP) is 5.41. The summed E-state index contributed by atoms with van der Waals surface area (Å²) in [5.41, 5.74) is 3.81. The molecule has 0 fully saturated rings. The van der Waals surface area contributed by atoms with Crippen molar-refractivity contribution >= 4 is 51.7 Å². The van der Waals surface area contributed by atoms with Gasteiger partial charge in [0, 0.05) is 15.6 Å². The number of imide groups is 1. The van der Waals surface area contributed by atoms with E-state index in [4.69, 9.17) is 11.6 Å². The van der Waals surface area contributed by atoms with Gasteiger partial charge in [-0.15, -0.1) is 11.3 Å². The molecule has 0 bridgehead atoms. The number of aryl methyl sites for hydroxylation is 2. The van der Waals surface area contributed by atoms with Gasteiger partial charge in [0.25, 0.3) is 11.8 Å². The largest absolute Gasteiger partial charge is 0.350 e. The summed E-state index contributed by atoms with van der Waals surface area (Å²) in [6, 6.07) is 16.6. The van der Waals surface area contributed by atoms with Gasteiger partial charge < -0.3 is 5.32 Å². The van der Waals surface area contributed by atoms with Gasteiger partial charge in [0.1, 0.15) is 5.70 Å². The number of carbonyl (C=O) groups is 2. The van der Waals surface area contributed by atoms with Crippen LogP contribution in [0.15, 0.2) is 65.7 Å². The number of amides is 2. The summed E-state index contributed by atoms with van der Waals surface area (Å²) in [6.45, 7) is 3.84. The minimum atomic E-state index is -0.389. The van der Waals surface area contributed by atoms with Crippen LogP contribution in [0.5, 0.6) is 0 Å². The molecule has 4 rings (SSSR count). The molecule has 1 aliphatic heterocycles. The van der Waals surface area contributed by atoms with E-state index in [1.165, 1.54) is 16.2 Å². The molecule has 1 aromatic heterocycles. The number of nitrogens with one attached hydrogen (secondary N) is 1. The molecule has 1 aliphatic rings. The van der Waals surface area contributed by atoms with Crippen molar-refractivity contribution in [3.63, 3.8) is 0 Å². The van der Waals surface area contributed by atoms with E-state index >= 15 is 0 Å². The Hall–Kier alpha value is -2.89. The van der Waals surface area contributed by atoms with Crippen molar-refractivity contribution < 1.29 is 9.59 Å². The molecule has 0 saturated heterocycles. The molecule has 1 N–H and O–H groups in total. The van der Waals surface area contributed by atoms with Crippen molar-refractivity contribution in [1.82, 2.24) is 0 Å². The van der Waals surface area contributed by atoms with Gasteiger partial charge in [0.2, 0.25) is 0 Å². The van der Waals surface area contributed by atoms with E-state index in [2.05, 4.69) is 5.32 Å². The lowest BCUT2D eigenvalue weighted by Gasteiger charge is -2.18. The molecule has 2 aromatic carbocycles. The van der Waals surface area contributed by atoms with Gasteiger partial charge in [-0.1, -0.05) is 41.4 Å². The maximum absolute atomic E-state index is 13.3. The predicted molar refractivity (Wildman–Crippen MR) is 115 cm³/mol. The molecule has 4 nitrogen and oxygen atoms in total. The van der Waals surface area contributed by atoms with Crippen LogP contribution in [0.3, 0.4) is 0 Å². The third-order valence-electron chi connectivity index (χ3n) is 4.58. The van der Waals surface area contributed by atoms with E-state index in [0.29, 0.717) is 16.3 Å². The molecule has 2 heterocycles. The molecule has 28 heavy (non-hydrogen) atoms. The highest BCUT2D eigenvalue weighted by atomic mass is 35.5. The van der Waals surface area contributed by atoms with Gasteiger partial charge in [-0.05, 0) is 55.1 Å². The molecule has 0 unspecified atom stereocenters. The standard InChI is InChI=1S/C22H17ClN2O2S/c1-13-5-9-16(10-6-13)24-20-19(18-4-3-11-28-18)21(26)25(22(20)27)17-12-15(23)8-7-14(17)2/h3-12,24H,1-2H3. The highest BCUT2D eigenvalue weighted by Gasteiger charge is 2.41. The summed E-state index contributed by atoms with van der Waals surface area (Å²) in [5, 5.41) is 5.52. The molecule has 140 valence electrons. The number of anilines is 2. The molecular weight excluding hydrogens is 392 g/mol. The van der Waals surface area contributed by atoms with Gasteiger partial charge >= 0.3 is 0 Å². The number of rotatable bonds is 4. The first kappa shape index (κ1) is 18.5. The molecule has 2 amide bonds. The van der Waals surface area contributed by atoms with Gasteiger partial charge in [0.05, 0.1) is 11.3 Å². The maximum Gasteiger partial charge on any atom is 0.282 e. The fourth-order valence-electron chi connectivity index (χ4n) is 3.12. The lowest BCUT2D eigenvalue weighted by atomic mass is 10.1. The lowest BCUT2D eigenvalue weighted by Crippen LogP contribution is -2.33. The van der Waals surface area contributed by atoms with E-state index < -0.39 is 0 Å². The van der Waals surface area contributed by atoms with Gasteiger partial charge in [0.15, 0.2) is 0 Å². The van der Waals surface area contributed by atoms with E-state index in [0.717, 1.165) is 21.7 Å². The molecular formula is C22H17ClN2O2S. The zero-order chi connectivity index (χ0) is 19.8. The lowest BCUT2D eigenvalue weighted by molar-refractivity contribution is -0.120. The van der Waals surface area contributed by atoms with Gasteiger partial charge in [-0.3, -0.25) is 9.59 Å². The highest BCUT2D eigenvalue weighted by molar-refractivity contribution is 7.11. The van der Waals surface area contributed by atoms with Crippen LogP contribution in [0.4, 0.5) is 11.4 Å². The van der Waals surface area contributed by atoms with Crippen LogP contribution in [-0.2, 0) is 9.59 Å². The quantitative estimate of drug-likeness (QED) is 0.587. The number of thiophene rings is 1. The van der Waals surface area contributed by atoms with Crippen LogP contribution in [0.25, 0.3) is 5.57 Å². The monoisotopic (exact) mass is 408 g/mol. The third kappa shape index (κ3) is 3.23. The minimum absolute atomic E-state index is 0.274. The average Bonchev–Trinajstić information content (AvgIpc) is 3.27. The summed E-state index contributed by atoms with van der Waals surface area (Å²) in [7, 11) is 0. The van der Waals surface area contributed by atoms with E-state index in [1.54, 1.807) is 18.2 Å². The Balaban J connectivity index is 1.82. The Kier molecular flexibility index (Phi) is 4.79. The fourth-order valence-corrected chi connectivity index (χ4v) is 4.05. The van der Waals surface area contributed by atoms with E-state index in [9.17, 15) is 9.59 Å². The first-order valence-corrected chi connectivity index (χ1v) is 9.98. The number of hydrogen-bond donors (Lipinski definition) is 1. The topological polar surface area (TPSA) is 49.4 Å². The van der Waals surface area contributed by atoms with Crippen LogP contribution in [-0.4, -0.2) is 11.8 Å². The van der Waals surface area contributed by atoms with Crippen LogP contribution < -0.4 is 10.2 Å². The summed E-state index contributed by atoms with van der Waals surface area (Å²) < 4.78 is 0. The minimum Gasteiger partial charge on any atom is -0.350 e. The van der Waals surface area contributed by atoms with Crippen molar-refractivity contribution in [2.24, 2.45) is 0 Å². The Morgan fingerprint density at radius 2 is 1.71 bits per heavy atom. The normalized spacial score (nSPS) is 14.2. The van der Waals surface area contributed by atoms with Crippen molar-refractivity contribution in [3.8, 4) is 0 Å². The molecule has 0 atom stereocenters. The third-order valence-corrected chi connectivity index (χ3v) is 5.71. The average molecular weight is 409 g/mol. The number of hydrogen-bond acceptors (Lipinski definition) is 4. The zero-order valence-electron chi connectivity index (χ0n) is 15.3. The fraction of sp³-hybridized carbons (Fsp3) is 0.0909. The summed E-state index contributed by atoms with van der Waals surface area (Å²) >= 11 is 7.55. The van der Waals surface area contributed by atoms with Gasteiger partial charge in [-0.25, -0.2) is 4.90 Å². The van der Waals surface area contributed by atoms with Crippen molar-refractivity contribution in [3.05, 3.63) is 86.7 Å². The van der Waals surface area contributed by atoms with Crippen LogP contribution in [0, 0.1) is 13.8 Å². The van der Waals surface area contributed by atoms with Crippen LogP contribution in [0.1, 0.15) is 16.0 Å². The Morgan fingerprint density at radius 1 is 0.964 bits per heavy atom. The Morgan fingerprint density at radius 3 is 2.39 bits per heavy atom. The maximum atomic E-state index is 13.3. The summed E-state index contributed by atoms with van der Waals surface area (Å²) in [4.78, 5) is 28.6. The summed E-state index contributed by atoms with van der Waals surface area (Å²) in [5.74, 6) is -0.744. The second-order valence-electron chi connectivity index (χ2n) is 6.59. The molecule has 0 spiro atoms. The second kappa shape index (κ2) is 7.26. The van der Waals surface area contributed by atoms with Gasteiger partial charge in [-0.2, -0.15) is 0 Å². The summed E-state index contributed by atoms with van der Waals surface area (Å²) in [6.07, 6.45) is 0. The molecule has 0 radical (unpaired) electrons. The van der Waals surface area contributed by atoms with E-state index in [1.807, 2.05) is 55.6 Å². The number of benzene rings is 2. The van der Waals surface area contributed by atoms with Crippen LogP contribution >= 0.6 is 22.9 Å². The Labute approximate surface area is 172 Å². The van der Waals surface area contributed by atoms with Crippen LogP contribution in [0.2, 0.25) is 5.02 Å². The zero-order valence-corrected chi connectivity index (χ0v) is 16.9. The highest BCUT2D eigenvalue weighted by Crippen LogP contribution is 2.37. The van der Waals surface area contributed by atoms with Crippen molar-refractivity contribution in [2.45, 2.75) is 13.8 Å². The Bertz CT molecular complexity index is 1100. The second-order valence-corrected chi connectivity index (χ2v) is 7.98. The molecule has 0 aliphatic carbocycles.